The summed E-state index contributed by atoms with van der Waals surface area (Å²) >= 11 is 2.24. The molecule has 1 aromatic rings. The van der Waals surface area contributed by atoms with Crippen molar-refractivity contribution in [1.29, 1.82) is 0 Å². The number of carbonyl (C=O) groups is 4. The normalized spacial score (nSPS) is 21.6. The Kier molecular flexibility index (Phi) is 9.20. The second kappa shape index (κ2) is 12.0. The molecular weight excluding hydrogens is 526 g/mol. The second-order valence-electron chi connectivity index (χ2n) is 9.27. The zero-order chi connectivity index (χ0) is 27.3. The summed E-state index contributed by atoms with van der Waals surface area (Å²) in [6.45, 7) is 6.90. The number of nitrogen functional groups attached to an aromatic ring is 1. The zero-order valence-electron chi connectivity index (χ0n) is 20.9. The predicted octanol–water partition coefficient (Wildman–Crippen LogP) is -0.390. The molecule has 0 saturated heterocycles. The molecule has 0 fully saturated rings. The first kappa shape index (κ1) is 28.5. The Balaban J connectivity index is 1.71. The van der Waals surface area contributed by atoms with Crippen molar-refractivity contribution in [2.24, 2.45) is 16.3 Å². The van der Waals surface area contributed by atoms with Crippen LogP contribution in [0.15, 0.2) is 5.16 Å². The fraction of sp³-hybridized carbons (Fsp3) is 0.619. The van der Waals surface area contributed by atoms with E-state index in [9.17, 15) is 19.2 Å². The molecule has 3 heterocycles. The Hall–Kier alpha value is -3.11. The number of anilines is 1. The summed E-state index contributed by atoms with van der Waals surface area (Å²) in [5.74, 6) is -2.52. The van der Waals surface area contributed by atoms with Gasteiger partial charge in [0, 0.05) is 23.2 Å². The van der Waals surface area contributed by atoms with Crippen LogP contribution in [0.5, 0.6) is 0 Å². The summed E-state index contributed by atoms with van der Waals surface area (Å²) in [5, 5.41) is 7.00. The van der Waals surface area contributed by atoms with Crippen molar-refractivity contribution >= 4 is 62.9 Å². The summed E-state index contributed by atoms with van der Waals surface area (Å²) < 4.78 is 15.4. The van der Waals surface area contributed by atoms with Crippen LogP contribution >= 0.6 is 23.3 Å². The van der Waals surface area contributed by atoms with Crippen LogP contribution < -0.4 is 16.8 Å². The first-order chi connectivity index (χ1) is 17.4. The number of nitrogens with one attached hydrogen (secondary N) is 1. The van der Waals surface area contributed by atoms with E-state index in [-0.39, 0.29) is 28.5 Å². The maximum atomic E-state index is 13.0. The van der Waals surface area contributed by atoms with Gasteiger partial charge >= 0.3 is 17.8 Å². The van der Waals surface area contributed by atoms with Gasteiger partial charge in [0.25, 0.3) is 17.0 Å². The van der Waals surface area contributed by atoms with Crippen molar-refractivity contribution in [3.63, 3.8) is 0 Å². The molecule has 0 saturated carbocycles. The van der Waals surface area contributed by atoms with Gasteiger partial charge in [0.15, 0.2) is 5.13 Å². The Morgan fingerprint density at radius 3 is 2.62 bits per heavy atom. The number of esters is 2. The van der Waals surface area contributed by atoms with Crippen molar-refractivity contribution < 1.29 is 38.1 Å². The van der Waals surface area contributed by atoms with E-state index in [0.717, 1.165) is 11.5 Å². The molecule has 3 rings (SSSR count). The molecule has 3 atom stereocenters. The summed E-state index contributed by atoms with van der Waals surface area (Å²) in [6, 6.07) is -1.91. The molecule has 0 aromatic carbocycles. The third-order valence-corrected chi connectivity index (χ3v) is 6.98. The van der Waals surface area contributed by atoms with Gasteiger partial charge in [0.05, 0.1) is 5.41 Å². The first-order valence-corrected chi connectivity index (χ1v) is 13.1. The van der Waals surface area contributed by atoms with Gasteiger partial charge in [-0.25, -0.2) is 9.59 Å². The number of hydrogen-bond acceptors (Lipinski definition) is 14. The van der Waals surface area contributed by atoms with E-state index in [0.29, 0.717) is 24.4 Å². The maximum absolute atomic E-state index is 13.0. The van der Waals surface area contributed by atoms with Gasteiger partial charge < -0.3 is 31.1 Å². The molecule has 0 aliphatic carbocycles. The summed E-state index contributed by atoms with van der Waals surface area (Å²) in [4.78, 5) is 59.7. The molecular formula is C21H30N7O7S2+. The van der Waals surface area contributed by atoms with Crippen molar-refractivity contribution in [3.05, 3.63) is 5.82 Å². The van der Waals surface area contributed by atoms with E-state index in [4.69, 9.17) is 25.8 Å². The molecule has 1 aromatic heterocycles. The molecule has 16 heteroatoms. The van der Waals surface area contributed by atoms with E-state index in [2.05, 4.69) is 19.8 Å². The van der Waals surface area contributed by atoms with E-state index in [1.807, 2.05) is 6.92 Å². The lowest BCUT2D eigenvalue weighted by Crippen LogP contribution is -2.67. The van der Waals surface area contributed by atoms with Gasteiger partial charge in [-0.2, -0.15) is 9.36 Å². The van der Waals surface area contributed by atoms with Crippen molar-refractivity contribution in [1.82, 2.24) is 14.7 Å². The number of rotatable bonds is 10. The molecule has 2 aliphatic rings. The average molecular weight is 557 g/mol. The fourth-order valence-corrected chi connectivity index (χ4v) is 5.04. The number of oxime groups is 1. The third kappa shape index (κ3) is 6.81. The minimum Gasteiger partial charge on any atom is -0.427 e. The molecule has 2 amide bonds. The van der Waals surface area contributed by atoms with Gasteiger partial charge in [-0.15, -0.1) is 4.58 Å². The van der Waals surface area contributed by atoms with Crippen LogP contribution in [-0.4, -0.2) is 85.7 Å². The van der Waals surface area contributed by atoms with Gasteiger partial charge in [-0.05, 0) is 33.7 Å². The average Bonchev–Trinajstić information content (AvgIpc) is 3.26. The third-order valence-electron chi connectivity index (χ3n) is 5.17. The van der Waals surface area contributed by atoms with Crippen LogP contribution in [-0.2, 0) is 33.5 Å². The van der Waals surface area contributed by atoms with Crippen LogP contribution in [0.2, 0.25) is 0 Å². The van der Waals surface area contributed by atoms with E-state index in [1.54, 1.807) is 20.8 Å². The summed E-state index contributed by atoms with van der Waals surface area (Å²) in [7, 11) is 0. The van der Waals surface area contributed by atoms with Crippen LogP contribution in [0.3, 0.4) is 0 Å². The van der Waals surface area contributed by atoms with Crippen LogP contribution in [0.4, 0.5) is 5.13 Å². The summed E-state index contributed by atoms with van der Waals surface area (Å²) in [6.07, 6.45) is 0.844. The highest BCUT2D eigenvalue weighted by molar-refractivity contribution is 8.14. The number of aromatic nitrogens is 2. The van der Waals surface area contributed by atoms with E-state index in [1.165, 1.54) is 16.3 Å². The lowest BCUT2D eigenvalue weighted by atomic mass is 9.98. The number of nitrogens with zero attached hydrogens (tertiary/aromatic N) is 4. The predicted molar refractivity (Wildman–Crippen MR) is 135 cm³/mol. The molecule has 14 nitrogen and oxygen atoms in total. The van der Waals surface area contributed by atoms with E-state index < -0.39 is 48.0 Å². The Labute approximate surface area is 221 Å². The van der Waals surface area contributed by atoms with Crippen molar-refractivity contribution in [2.45, 2.75) is 57.9 Å². The summed E-state index contributed by atoms with van der Waals surface area (Å²) in [5.41, 5.74) is 10.1. The Morgan fingerprint density at radius 1 is 1.27 bits per heavy atom. The lowest BCUT2D eigenvalue weighted by molar-refractivity contribution is -0.496. The second-order valence-corrected chi connectivity index (χ2v) is 11.5. The minimum absolute atomic E-state index is 0.0442. The SMILES string of the molecule is CC1CC(C(=O)OCOC(=O)C(C)(C)C)[N+]2=C(S1)C(NC(=O)C(=NOCCCN)c1nsc(N)n1)C2=O. The monoisotopic (exact) mass is 556 g/mol. The van der Waals surface area contributed by atoms with Gasteiger partial charge in [-0.1, -0.05) is 23.8 Å². The number of thioether (sulfide) groups is 1. The standard InChI is InChI=1S/C21H29N7O7S2/c1-10-8-11(18(31)33-9-34-19(32)21(2,3)4)28-16(30)13(17(28)36-10)24-15(29)12(26-35-7-5-6-22)14-25-20(23)37-27-14/h10-11,13H,5-9,22H2,1-4H3,(H2-,23,24,25,27,29)/p+1. The Morgan fingerprint density at radius 2 is 2.00 bits per heavy atom. The lowest BCUT2D eigenvalue weighted by Gasteiger charge is -2.32. The number of amides is 2. The van der Waals surface area contributed by atoms with Crippen molar-refractivity contribution in [3.8, 4) is 0 Å². The minimum atomic E-state index is -1.00. The topological polar surface area (TPSA) is 201 Å². The van der Waals surface area contributed by atoms with Gasteiger partial charge in [0.1, 0.15) is 6.61 Å². The fourth-order valence-electron chi connectivity index (χ4n) is 3.28. The molecule has 0 bridgehead atoms. The molecule has 2 aliphatic heterocycles. The quantitative estimate of drug-likeness (QED) is 0.0842. The van der Waals surface area contributed by atoms with Crippen LogP contribution in [0.1, 0.15) is 46.4 Å². The zero-order valence-corrected chi connectivity index (χ0v) is 22.5. The largest absolute Gasteiger partial charge is 0.427 e. The molecule has 37 heavy (non-hydrogen) atoms. The highest BCUT2D eigenvalue weighted by Crippen LogP contribution is 2.33. The van der Waals surface area contributed by atoms with E-state index >= 15 is 0 Å². The smallest absolute Gasteiger partial charge is 0.422 e. The highest BCUT2D eigenvalue weighted by atomic mass is 32.2. The number of carbonyl (C=O) groups excluding carboxylic acids is 4. The van der Waals surface area contributed by atoms with Gasteiger partial charge in [0.2, 0.25) is 24.4 Å². The number of nitrogens with two attached hydrogens (primary N) is 2. The molecule has 3 unspecified atom stereocenters. The first-order valence-electron chi connectivity index (χ1n) is 11.4. The molecule has 0 spiro atoms. The Bertz CT molecular complexity index is 1130. The van der Waals surface area contributed by atoms with Gasteiger partial charge in [-0.3, -0.25) is 9.59 Å². The molecule has 5 N–H and O–H groups in total. The molecule has 202 valence electrons. The number of hydrogen-bond donors (Lipinski definition) is 3. The highest BCUT2D eigenvalue weighted by Gasteiger charge is 2.59. The van der Waals surface area contributed by atoms with Crippen LogP contribution in [0, 0.1) is 5.41 Å². The van der Waals surface area contributed by atoms with Crippen molar-refractivity contribution in [2.75, 3.05) is 25.7 Å². The molecule has 0 radical (unpaired) electrons. The van der Waals surface area contributed by atoms with Crippen LogP contribution in [0.25, 0.3) is 0 Å². The maximum Gasteiger partial charge on any atom is 0.422 e. The number of ether oxygens (including phenoxy) is 2.